The lowest BCUT2D eigenvalue weighted by atomic mass is 9.52. The van der Waals surface area contributed by atoms with E-state index < -0.39 is 0 Å². The second-order valence-electron chi connectivity index (χ2n) is 8.91. The molecule has 2 aliphatic carbocycles. The minimum Gasteiger partial charge on any atom is -0.508 e. The lowest BCUT2D eigenvalue weighted by Crippen LogP contribution is -2.59. The smallest absolute Gasteiger partial charge is 0.115 e. The summed E-state index contributed by atoms with van der Waals surface area (Å²) in [5.41, 5.74) is 5.95. The maximum absolute atomic E-state index is 9.68. The lowest BCUT2D eigenvalue weighted by Gasteiger charge is -2.58. The topological polar surface area (TPSA) is 35.5 Å². The predicted molar refractivity (Wildman–Crippen MR) is 125 cm³/mol. The van der Waals surface area contributed by atoms with Gasteiger partial charge in [-0.1, -0.05) is 31.0 Å². The fraction of sp³-hybridized carbons (Fsp3) is 0.500. The van der Waals surface area contributed by atoms with Crippen molar-refractivity contribution in [3.05, 3.63) is 59.2 Å². The number of likely N-dealkylation sites (N-methyl/N-ethyl adjacent to an activating group) is 1. The van der Waals surface area contributed by atoms with E-state index in [9.17, 15) is 5.11 Å². The summed E-state index contributed by atoms with van der Waals surface area (Å²) in [5.74, 6) is 1.17. The van der Waals surface area contributed by atoms with E-state index in [4.69, 9.17) is 0 Å². The summed E-state index contributed by atoms with van der Waals surface area (Å²) < 4.78 is 0. The third-order valence-corrected chi connectivity index (χ3v) is 7.52. The van der Waals surface area contributed by atoms with Crippen LogP contribution in [0, 0.1) is 5.92 Å². The number of fused-ring (bicyclic) bond motifs is 1. The molecule has 1 aliphatic heterocycles. The first kappa shape index (κ1) is 22.3. The third-order valence-electron chi connectivity index (χ3n) is 7.52. The summed E-state index contributed by atoms with van der Waals surface area (Å²) in [6.45, 7) is 1.98. The molecule has 158 valence electrons. The largest absolute Gasteiger partial charge is 0.508 e. The highest BCUT2D eigenvalue weighted by Gasteiger charge is 2.52. The Morgan fingerprint density at radius 3 is 2.79 bits per heavy atom. The highest BCUT2D eigenvalue weighted by atomic mass is 35.5. The van der Waals surface area contributed by atoms with Crippen molar-refractivity contribution in [3.8, 4) is 5.75 Å². The molecule has 1 saturated heterocycles. The molecule has 5 rings (SSSR count). The number of nitrogens with zero attached hydrogens (tertiary/aromatic N) is 1. The van der Waals surface area contributed by atoms with Gasteiger partial charge in [-0.25, -0.2) is 0 Å². The monoisotopic (exact) mass is 434 g/mol. The second kappa shape index (κ2) is 8.75. The molecule has 0 unspecified atom stereocenters. The third kappa shape index (κ3) is 3.85. The Bertz CT molecular complexity index is 859. The summed E-state index contributed by atoms with van der Waals surface area (Å²) in [6, 6.07) is 15.3. The van der Waals surface area contributed by atoms with E-state index in [-0.39, 0.29) is 24.8 Å². The first-order valence-electron chi connectivity index (χ1n) is 10.5. The summed E-state index contributed by atoms with van der Waals surface area (Å²) in [4.78, 5) is 2.63. The number of phenolic OH excluding ortho intramolecular Hbond substituents is 1. The number of rotatable bonds is 3. The molecule has 0 amide bonds. The Labute approximate surface area is 186 Å². The van der Waals surface area contributed by atoms with E-state index in [1.807, 2.05) is 12.1 Å². The van der Waals surface area contributed by atoms with E-state index in [1.165, 1.54) is 50.8 Å². The normalized spacial score (nSPS) is 27.6. The molecule has 0 spiro atoms. The number of hydrogen-bond donors (Lipinski definition) is 2. The molecule has 1 saturated carbocycles. The highest BCUT2D eigenvalue weighted by Crippen LogP contribution is 2.55. The molecular weight excluding hydrogens is 403 g/mol. The second-order valence-corrected chi connectivity index (χ2v) is 8.91. The van der Waals surface area contributed by atoms with Crippen LogP contribution in [0.3, 0.4) is 0 Å². The van der Waals surface area contributed by atoms with Gasteiger partial charge in [-0.15, -0.1) is 24.8 Å². The molecule has 5 heteroatoms. The Kier molecular flexibility index (Phi) is 6.72. The summed E-state index contributed by atoms with van der Waals surface area (Å²) in [6.07, 6.45) is 8.08. The molecule has 2 fully saturated rings. The number of benzene rings is 2. The van der Waals surface area contributed by atoms with Gasteiger partial charge in [0.15, 0.2) is 0 Å². The number of piperidine rings is 1. The van der Waals surface area contributed by atoms with Crippen molar-refractivity contribution in [1.29, 1.82) is 0 Å². The number of anilines is 1. The Balaban J connectivity index is 0.00000120. The van der Waals surface area contributed by atoms with E-state index in [0.717, 1.165) is 24.1 Å². The molecule has 3 nitrogen and oxygen atoms in total. The van der Waals surface area contributed by atoms with Gasteiger partial charge in [-0.2, -0.15) is 0 Å². The van der Waals surface area contributed by atoms with Crippen molar-refractivity contribution in [1.82, 2.24) is 4.90 Å². The zero-order valence-electron chi connectivity index (χ0n) is 17.1. The zero-order valence-corrected chi connectivity index (χ0v) is 18.7. The molecule has 2 aromatic carbocycles. The van der Waals surface area contributed by atoms with Crippen LogP contribution >= 0.6 is 24.8 Å². The van der Waals surface area contributed by atoms with Crippen molar-refractivity contribution < 1.29 is 5.11 Å². The van der Waals surface area contributed by atoms with Crippen molar-refractivity contribution >= 4 is 30.5 Å². The van der Waals surface area contributed by atoms with E-state index in [1.54, 1.807) is 17.2 Å². The van der Waals surface area contributed by atoms with Gasteiger partial charge in [0.1, 0.15) is 5.75 Å². The van der Waals surface area contributed by atoms with Crippen LogP contribution in [0.2, 0.25) is 0 Å². The molecule has 2 N–H and O–H groups in total. The fourth-order valence-electron chi connectivity index (χ4n) is 6.18. The fourth-order valence-corrected chi connectivity index (χ4v) is 6.18. The van der Waals surface area contributed by atoms with E-state index in [0.29, 0.717) is 11.2 Å². The number of phenols is 1. The highest BCUT2D eigenvalue weighted by molar-refractivity contribution is 5.85. The summed E-state index contributed by atoms with van der Waals surface area (Å²) in [7, 11) is 2.33. The van der Waals surface area contributed by atoms with Crippen LogP contribution in [0.5, 0.6) is 5.75 Å². The first-order chi connectivity index (χ1) is 13.2. The average Bonchev–Trinajstić information content (AvgIpc) is 2.69. The first-order valence-corrected chi connectivity index (χ1v) is 10.5. The molecule has 3 atom stereocenters. The number of hydrogen-bond acceptors (Lipinski definition) is 3. The van der Waals surface area contributed by atoms with E-state index >= 15 is 0 Å². The molecular formula is C24H32Cl2N2O. The molecule has 2 aromatic rings. The number of nitrogens with one attached hydrogen (secondary N) is 1. The van der Waals surface area contributed by atoms with Gasteiger partial charge < -0.3 is 15.3 Å². The molecule has 0 aromatic heterocycles. The van der Waals surface area contributed by atoms with Gasteiger partial charge in [0.05, 0.1) is 0 Å². The number of halogens is 2. The van der Waals surface area contributed by atoms with Crippen molar-refractivity contribution in [3.63, 3.8) is 0 Å². The Hall–Kier alpha value is -1.42. The van der Waals surface area contributed by atoms with Crippen molar-refractivity contribution in [2.75, 3.05) is 18.9 Å². The van der Waals surface area contributed by atoms with Crippen LogP contribution in [0.4, 0.5) is 5.69 Å². The Morgan fingerprint density at radius 2 is 1.97 bits per heavy atom. The molecule has 0 radical (unpaired) electrons. The van der Waals surface area contributed by atoms with Crippen molar-refractivity contribution in [2.45, 2.75) is 56.5 Å². The van der Waals surface area contributed by atoms with Crippen LogP contribution < -0.4 is 5.32 Å². The minimum atomic E-state index is 0. The number of aromatic hydroxyl groups is 1. The maximum Gasteiger partial charge on any atom is 0.115 e. The van der Waals surface area contributed by atoms with Crippen LogP contribution in [-0.4, -0.2) is 29.6 Å². The quantitative estimate of drug-likeness (QED) is 0.665. The van der Waals surface area contributed by atoms with Gasteiger partial charge in [0, 0.05) is 23.7 Å². The SMILES string of the molecule is CN1CC[C@]23CCCC[C@H]2[C@H]1Cc1ccc(NCc2cccc(O)c2)cc13.Cl.Cl. The van der Waals surface area contributed by atoms with Crippen LogP contribution in [0.25, 0.3) is 0 Å². The standard InChI is InChI=1S/C24H30N2O.2ClH/c1-26-12-11-24-10-3-2-7-21(24)23(26)14-18-8-9-19(15-22(18)24)25-16-17-5-4-6-20(27)13-17;;/h4-6,8-9,13,15,21,23,25,27H,2-3,7,10-12,14,16H2,1H3;2*1H/t21-,23+,24+;;/m0../s1. The lowest BCUT2D eigenvalue weighted by molar-refractivity contribution is 0.00290. The maximum atomic E-state index is 9.68. The van der Waals surface area contributed by atoms with Crippen LogP contribution in [0.15, 0.2) is 42.5 Å². The van der Waals surface area contributed by atoms with Gasteiger partial charge in [-0.05, 0) is 86.1 Å². The van der Waals surface area contributed by atoms with Gasteiger partial charge in [-0.3, -0.25) is 0 Å². The summed E-state index contributed by atoms with van der Waals surface area (Å²) in [5, 5.41) is 13.3. The minimum absolute atomic E-state index is 0. The number of likely N-dealkylation sites (tertiary alicyclic amines) is 1. The zero-order chi connectivity index (χ0) is 18.4. The molecule has 1 heterocycles. The molecule has 2 bridgehead atoms. The molecule has 3 aliphatic rings. The van der Waals surface area contributed by atoms with Crippen LogP contribution in [-0.2, 0) is 18.4 Å². The average molecular weight is 435 g/mol. The van der Waals surface area contributed by atoms with E-state index in [2.05, 4.69) is 41.5 Å². The molecule has 29 heavy (non-hydrogen) atoms. The van der Waals surface area contributed by atoms with Gasteiger partial charge in [0.25, 0.3) is 0 Å². The van der Waals surface area contributed by atoms with Crippen LogP contribution in [0.1, 0.15) is 48.8 Å². The van der Waals surface area contributed by atoms with Gasteiger partial charge in [0.2, 0.25) is 0 Å². The summed E-state index contributed by atoms with van der Waals surface area (Å²) >= 11 is 0. The predicted octanol–water partition coefficient (Wildman–Crippen LogP) is 5.54. The Morgan fingerprint density at radius 1 is 1.10 bits per heavy atom. The van der Waals surface area contributed by atoms with Gasteiger partial charge >= 0.3 is 0 Å². The van der Waals surface area contributed by atoms with Crippen molar-refractivity contribution in [2.24, 2.45) is 5.92 Å².